The first-order valence-corrected chi connectivity index (χ1v) is 14.0. The van der Waals surface area contributed by atoms with Crippen LogP contribution in [0.2, 0.25) is 0 Å². The van der Waals surface area contributed by atoms with Crippen molar-refractivity contribution >= 4 is 16.9 Å². The number of fused-ring (bicyclic) bond motifs is 1. The number of hydrogen-bond acceptors (Lipinski definition) is 18. The first kappa shape index (κ1) is 34.1. The lowest BCUT2D eigenvalue weighted by Gasteiger charge is -2.45. The molecule has 2 aliphatic heterocycles. The lowest BCUT2D eigenvalue weighted by molar-refractivity contribution is -0.358. The molecule has 5 rings (SSSR count). The van der Waals surface area contributed by atoms with Gasteiger partial charge in [0.1, 0.15) is 66.2 Å². The van der Waals surface area contributed by atoms with Gasteiger partial charge < -0.3 is 79.2 Å². The van der Waals surface area contributed by atoms with Crippen molar-refractivity contribution in [1.82, 2.24) is 0 Å². The van der Waals surface area contributed by atoms with Gasteiger partial charge in [-0.15, -0.1) is 0 Å². The van der Waals surface area contributed by atoms with Gasteiger partial charge in [-0.25, -0.2) is 0 Å². The second kappa shape index (κ2) is 13.5. The number of aromatic hydroxyl groups is 4. The zero-order valence-corrected chi connectivity index (χ0v) is 24.3. The summed E-state index contributed by atoms with van der Waals surface area (Å²) in [4.78, 5) is 24.2. The molecule has 18 heteroatoms. The zero-order valence-electron chi connectivity index (χ0n) is 24.3. The van der Waals surface area contributed by atoms with E-state index in [9.17, 15) is 60.7 Å². The van der Waals surface area contributed by atoms with E-state index < -0.39 is 126 Å². The third-order valence-corrected chi connectivity index (χ3v) is 7.66. The Morgan fingerprint density at radius 2 is 1.49 bits per heavy atom. The predicted molar refractivity (Wildman–Crippen MR) is 151 cm³/mol. The molecule has 0 spiro atoms. The van der Waals surface area contributed by atoms with Crippen molar-refractivity contribution in [1.29, 1.82) is 0 Å². The van der Waals surface area contributed by atoms with Gasteiger partial charge in [-0.05, 0) is 18.2 Å². The molecule has 10 N–H and O–H groups in total. The van der Waals surface area contributed by atoms with E-state index in [1.165, 1.54) is 6.07 Å². The van der Waals surface area contributed by atoms with Crippen LogP contribution in [0.1, 0.15) is 6.92 Å². The lowest BCUT2D eigenvalue weighted by Crippen LogP contribution is -2.65. The molecule has 0 bridgehead atoms. The predicted octanol–water partition coefficient (Wildman–Crippen LogP) is -2.14. The number of aliphatic hydroxyl groups is 6. The van der Waals surface area contributed by atoms with Crippen molar-refractivity contribution < 1.29 is 84.0 Å². The zero-order chi connectivity index (χ0) is 34.3. The molecule has 1 aromatic heterocycles. The standard InChI is InChI=1S/C29H32O18/c1-9(31)42-8-18-21(37)23(39)25(41)28(46-18)47-27-24(40)20(36)17(7-30)45-29(27)44-16-6-14(35)19-13(34)5-15(43-26(19)22(16)38)10-2-3-11(32)12(33)4-10/h2-6,17-18,20-21,23-25,27-30,32-33,35-41H,7-8H2,1H3/t17-,18-,20-,21-,23+,24+,25-,27-,28+,29-/m1/s1. The third kappa shape index (κ3) is 6.63. The highest BCUT2D eigenvalue weighted by molar-refractivity contribution is 5.91. The summed E-state index contributed by atoms with van der Waals surface area (Å²) >= 11 is 0. The fourth-order valence-corrected chi connectivity index (χ4v) is 5.13. The number of esters is 1. The number of carbonyl (C=O) groups is 1. The van der Waals surface area contributed by atoms with Crippen LogP contribution in [0.15, 0.2) is 39.5 Å². The second-order valence-corrected chi connectivity index (χ2v) is 10.9. The summed E-state index contributed by atoms with van der Waals surface area (Å²) in [5.41, 5.74) is -1.32. The first-order chi connectivity index (χ1) is 22.2. The molecule has 47 heavy (non-hydrogen) atoms. The van der Waals surface area contributed by atoms with Crippen molar-refractivity contribution in [2.45, 2.75) is 68.3 Å². The summed E-state index contributed by atoms with van der Waals surface area (Å²) in [6.45, 7) is -0.342. The second-order valence-electron chi connectivity index (χ2n) is 10.9. The van der Waals surface area contributed by atoms with Crippen LogP contribution in [0, 0.1) is 0 Å². The monoisotopic (exact) mass is 668 g/mol. The van der Waals surface area contributed by atoms with E-state index in [1.807, 2.05) is 0 Å². The van der Waals surface area contributed by atoms with Gasteiger partial charge in [0, 0.05) is 24.6 Å². The van der Waals surface area contributed by atoms with E-state index in [-0.39, 0.29) is 11.3 Å². The summed E-state index contributed by atoms with van der Waals surface area (Å²) in [6, 6.07) is 5.25. The van der Waals surface area contributed by atoms with Crippen molar-refractivity contribution in [3.63, 3.8) is 0 Å². The lowest BCUT2D eigenvalue weighted by atomic mass is 9.97. The van der Waals surface area contributed by atoms with E-state index in [4.69, 9.17) is 28.1 Å². The highest BCUT2D eigenvalue weighted by Crippen LogP contribution is 2.42. The SMILES string of the molecule is CC(=O)OC[C@H]1O[C@@H](O[C@H]2[C@H](Oc3cc(O)c4c(=O)cc(-c5ccc(O)c(O)c5)oc4c3O)O[C@H](CO)[C@@H](O)[C@@H]2O)[C@H](O)[C@@H](O)[C@@H]1O. The summed E-state index contributed by atoms with van der Waals surface area (Å²) in [7, 11) is 0. The molecule has 2 saturated heterocycles. The van der Waals surface area contributed by atoms with Crippen molar-refractivity contribution in [3.05, 3.63) is 40.6 Å². The molecule has 3 heterocycles. The van der Waals surface area contributed by atoms with Gasteiger partial charge in [0.15, 0.2) is 40.7 Å². The number of aliphatic hydroxyl groups excluding tert-OH is 6. The smallest absolute Gasteiger partial charge is 0.302 e. The van der Waals surface area contributed by atoms with Gasteiger partial charge in [0.25, 0.3) is 0 Å². The molecule has 2 fully saturated rings. The van der Waals surface area contributed by atoms with E-state index in [2.05, 4.69) is 0 Å². The van der Waals surface area contributed by atoms with Crippen LogP contribution in [0.25, 0.3) is 22.3 Å². The van der Waals surface area contributed by atoms with Crippen molar-refractivity contribution in [2.75, 3.05) is 13.2 Å². The molecule has 18 nitrogen and oxygen atoms in total. The maximum atomic E-state index is 12.9. The Bertz CT molecular complexity index is 1670. The number of phenolic OH excluding ortho intramolecular Hbond substituents is 4. The first-order valence-electron chi connectivity index (χ1n) is 14.0. The van der Waals surface area contributed by atoms with Gasteiger partial charge in [-0.2, -0.15) is 0 Å². The average molecular weight is 669 g/mol. The highest BCUT2D eigenvalue weighted by atomic mass is 16.8. The largest absolute Gasteiger partial charge is 0.507 e. The molecule has 10 atom stereocenters. The van der Waals surface area contributed by atoms with Crippen LogP contribution in [0.3, 0.4) is 0 Å². The van der Waals surface area contributed by atoms with E-state index in [0.29, 0.717) is 0 Å². The minimum atomic E-state index is -1.97. The molecule has 0 saturated carbocycles. The quantitative estimate of drug-likeness (QED) is 0.0695. The van der Waals surface area contributed by atoms with E-state index in [1.54, 1.807) is 0 Å². The molecular formula is C29H32O18. The number of carbonyl (C=O) groups excluding carboxylic acids is 1. The highest BCUT2D eigenvalue weighted by Gasteiger charge is 2.51. The Labute approximate surface area is 263 Å². The van der Waals surface area contributed by atoms with Gasteiger partial charge in [-0.3, -0.25) is 9.59 Å². The molecule has 0 radical (unpaired) electrons. The fraction of sp³-hybridized carbons (Fsp3) is 0.448. The Morgan fingerprint density at radius 3 is 2.15 bits per heavy atom. The minimum absolute atomic E-state index is 0.0989. The average Bonchev–Trinajstić information content (AvgIpc) is 3.03. The molecule has 256 valence electrons. The van der Waals surface area contributed by atoms with E-state index >= 15 is 0 Å². The fourth-order valence-electron chi connectivity index (χ4n) is 5.13. The van der Waals surface area contributed by atoms with Crippen LogP contribution >= 0.6 is 0 Å². The summed E-state index contributed by atoms with van der Waals surface area (Å²) in [6.07, 6.45) is -17.9. The Hall–Kier alpha value is -4.24. The van der Waals surface area contributed by atoms with Crippen molar-refractivity contribution in [2.24, 2.45) is 0 Å². The Morgan fingerprint density at radius 1 is 0.809 bits per heavy atom. The summed E-state index contributed by atoms with van der Waals surface area (Å²) in [5.74, 6) is -4.20. The number of ether oxygens (including phenoxy) is 5. The Kier molecular flexibility index (Phi) is 9.78. The molecular weight excluding hydrogens is 636 g/mol. The van der Waals surface area contributed by atoms with Gasteiger partial charge in [-0.1, -0.05) is 0 Å². The maximum Gasteiger partial charge on any atom is 0.302 e. The minimum Gasteiger partial charge on any atom is -0.507 e. The molecule has 3 aromatic rings. The number of benzene rings is 2. The van der Waals surface area contributed by atoms with Crippen LogP contribution in [0.5, 0.6) is 28.7 Å². The maximum absolute atomic E-state index is 12.9. The van der Waals surface area contributed by atoms with Crippen molar-refractivity contribution in [3.8, 4) is 40.1 Å². The molecule has 2 aromatic carbocycles. The number of rotatable bonds is 8. The Balaban J connectivity index is 1.50. The molecule has 0 aliphatic carbocycles. The van der Waals surface area contributed by atoms with E-state index in [0.717, 1.165) is 31.2 Å². The number of phenols is 4. The van der Waals surface area contributed by atoms with Crippen LogP contribution < -0.4 is 10.2 Å². The third-order valence-electron chi connectivity index (χ3n) is 7.66. The topological polar surface area (TPSA) is 296 Å². The number of hydrogen-bond donors (Lipinski definition) is 10. The van der Waals surface area contributed by atoms with Gasteiger partial charge >= 0.3 is 5.97 Å². The summed E-state index contributed by atoms with van der Waals surface area (Å²) in [5, 5.41) is 103. The van der Waals surface area contributed by atoms with Gasteiger partial charge in [0.05, 0.1) is 6.61 Å². The molecule has 0 amide bonds. The molecule has 0 unspecified atom stereocenters. The van der Waals surface area contributed by atoms with Gasteiger partial charge in [0.2, 0.25) is 12.0 Å². The van der Waals surface area contributed by atoms with Crippen LogP contribution in [-0.4, -0.2) is 132 Å². The van der Waals surface area contributed by atoms with Crippen LogP contribution in [-0.2, 0) is 23.7 Å². The summed E-state index contributed by atoms with van der Waals surface area (Å²) < 4.78 is 32.8. The van der Waals surface area contributed by atoms with Crippen LogP contribution in [0.4, 0.5) is 0 Å². The normalized spacial score (nSPS) is 31.0. The molecule has 2 aliphatic rings.